The minimum atomic E-state index is 0.476. The van der Waals surface area contributed by atoms with Crippen LogP contribution in [-0.2, 0) is 11.5 Å². The summed E-state index contributed by atoms with van der Waals surface area (Å²) in [6.07, 6.45) is 1.59. The van der Waals surface area contributed by atoms with E-state index in [1.54, 1.807) is 41.9 Å². The molecule has 0 amide bonds. The van der Waals surface area contributed by atoms with Crippen LogP contribution in [0.2, 0.25) is 0 Å². The molecule has 0 aliphatic carbocycles. The Morgan fingerprint density at radius 3 is 3.05 bits per heavy atom. The predicted octanol–water partition coefficient (Wildman–Crippen LogP) is 4.50. The molecule has 4 rings (SSSR count). The summed E-state index contributed by atoms with van der Waals surface area (Å²) in [5, 5.41) is 3.92. The lowest BCUT2D eigenvalue weighted by atomic mass is 10.2. The standard InChI is InChI=1S/C15H11N3O2S2/c1-2-5-11-10(4-1)8-21-15(16-11)22-9-13-17-14(18-20-13)12-6-3-7-19-12/h1-7H,8-9H2. The SMILES string of the molecule is c1coc(-c2noc(CSC3=Nc4ccccc4CS3)n2)c1. The van der Waals surface area contributed by atoms with Crippen molar-refractivity contribution < 1.29 is 8.94 Å². The minimum Gasteiger partial charge on any atom is -0.461 e. The first kappa shape index (κ1) is 13.7. The average molecular weight is 329 g/mol. The monoisotopic (exact) mass is 329 g/mol. The van der Waals surface area contributed by atoms with E-state index >= 15 is 0 Å². The lowest BCUT2D eigenvalue weighted by Crippen LogP contribution is -1.96. The largest absolute Gasteiger partial charge is 0.461 e. The number of thioether (sulfide) groups is 2. The van der Waals surface area contributed by atoms with Crippen molar-refractivity contribution in [2.75, 3.05) is 0 Å². The third kappa shape index (κ3) is 2.82. The number of nitrogens with zero attached hydrogens (tertiary/aromatic N) is 3. The Morgan fingerprint density at radius 2 is 2.14 bits per heavy atom. The Kier molecular flexibility index (Phi) is 3.74. The van der Waals surface area contributed by atoms with Gasteiger partial charge in [0.05, 0.1) is 17.7 Å². The van der Waals surface area contributed by atoms with Gasteiger partial charge in [0.2, 0.25) is 11.7 Å². The molecule has 1 aliphatic heterocycles. The Bertz CT molecular complexity index is 812. The molecule has 22 heavy (non-hydrogen) atoms. The molecule has 110 valence electrons. The van der Waals surface area contributed by atoms with Gasteiger partial charge in [0.1, 0.15) is 4.38 Å². The van der Waals surface area contributed by atoms with Crippen LogP contribution in [0.4, 0.5) is 5.69 Å². The molecule has 0 spiro atoms. The van der Waals surface area contributed by atoms with Gasteiger partial charge in [-0.05, 0) is 23.8 Å². The summed E-state index contributed by atoms with van der Waals surface area (Å²) >= 11 is 3.35. The number of para-hydroxylation sites is 1. The summed E-state index contributed by atoms with van der Waals surface area (Å²) in [7, 11) is 0. The third-order valence-electron chi connectivity index (χ3n) is 3.08. The summed E-state index contributed by atoms with van der Waals surface area (Å²) in [6.45, 7) is 0. The molecular formula is C15H11N3O2S2. The van der Waals surface area contributed by atoms with Crippen LogP contribution in [0.25, 0.3) is 11.6 Å². The van der Waals surface area contributed by atoms with E-state index < -0.39 is 0 Å². The minimum absolute atomic E-state index is 0.476. The summed E-state index contributed by atoms with van der Waals surface area (Å²) in [4.78, 5) is 8.98. The van der Waals surface area contributed by atoms with Crippen LogP contribution < -0.4 is 0 Å². The molecule has 3 heterocycles. The van der Waals surface area contributed by atoms with E-state index in [2.05, 4.69) is 21.2 Å². The van der Waals surface area contributed by atoms with Gasteiger partial charge < -0.3 is 8.94 Å². The molecule has 7 heteroatoms. The van der Waals surface area contributed by atoms with E-state index in [9.17, 15) is 0 Å². The number of benzene rings is 1. The zero-order valence-corrected chi connectivity index (χ0v) is 13.1. The number of furan rings is 1. The maximum atomic E-state index is 5.25. The Labute approximate surface area is 135 Å². The first-order valence-electron chi connectivity index (χ1n) is 6.67. The van der Waals surface area contributed by atoms with Crippen molar-refractivity contribution in [2.24, 2.45) is 4.99 Å². The molecule has 0 saturated carbocycles. The van der Waals surface area contributed by atoms with Crippen molar-refractivity contribution in [2.45, 2.75) is 11.5 Å². The highest BCUT2D eigenvalue weighted by Gasteiger charge is 2.15. The van der Waals surface area contributed by atoms with Crippen LogP contribution in [0.1, 0.15) is 11.5 Å². The fourth-order valence-electron chi connectivity index (χ4n) is 2.03. The van der Waals surface area contributed by atoms with Crippen molar-refractivity contribution in [3.8, 4) is 11.6 Å². The van der Waals surface area contributed by atoms with Crippen LogP contribution in [0.5, 0.6) is 0 Å². The van der Waals surface area contributed by atoms with Crippen molar-refractivity contribution in [1.29, 1.82) is 0 Å². The first-order chi connectivity index (χ1) is 10.9. The summed E-state index contributed by atoms with van der Waals surface area (Å²) < 4.78 is 11.5. The first-order valence-corrected chi connectivity index (χ1v) is 8.64. The zero-order chi connectivity index (χ0) is 14.8. The van der Waals surface area contributed by atoms with Gasteiger partial charge in [0, 0.05) is 5.75 Å². The molecule has 1 aliphatic rings. The number of aromatic nitrogens is 2. The number of fused-ring (bicyclic) bond motifs is 1. The second-order valence-corrected chi connectivity index (χ2v) is 6.76. The van der Waals surface area contributed by atoms with Crippen molar-refractivity contribution >= 4 is 33.6 Å². The van der Waals surface area contributed by atoms with Crippen molar-refractivity contribution in [1.82, 2.24) is 10.1 Å². The van der Waals surface area contributed by atoms with Crippen molar-refractivity contribution in [3.05, 3.63) is 54.1 Å². The van der Waals surface area contributed by atoms with E-state index in [1.165, 1.54) is 5.56 Å². The van der Waals surface area contributed by atoms with Gasteiger partial charge in [0.25, 0.3) is 0 Å². The molecule has 1 aromatic carbocycles. The quantitative estimate of drug-likeness (QED) is 0.705. The van der Waals surface area contributed by atoms with Gasteiger partial charge >= 0.3 is 0 Å². The number of hydrogen-bond acceptors (Lipinski definition) is 7. The maximum Gasteiger partial charge on any atom is 0.238 e. The molecule has 0 N–H and O–H groups in total. The molecule has 0 fully saturated rings. The van der Waals surface area contributed by atoms with Crippen molar-refractivity contribution in [3.63, 3.8) is 0 Å². The normalized spacial score (nSPS) is 13.7. The molecule has 0 saturated heterocycles. The lowest BCUT2D eigenvalue weighted by Gasteiger charge is -2.13. The van der Waals surface area contributed by atoms with Gasteiger partial charge in [-0.2, -0.15) is 4.98 Å². The van der Waals surface area contributed by atoms with E-state index in [1.807, 2.05) is 18.2 Å². The molecule has 0 atom stereocenters. The van der Waals surface area contributed by atoms with Gasteiger partial charge in [0.15, 0.2) is 5.76 Å². The topological polar surface area (TPSA) is 64.4 Å². The number of hydrogen-bond donors (Lipinski definition) is 0. The Morgan fingerprint density at radius 1 is 1.18 bits per heavy atom. The van der Waals surface area contributed by atoms with Gasteiger partial charge in [-0.3, -0.25) is 0 Å². The van der Waals surface area contributed by atoms with Crippen LogP contribution in [0.15, 0.2) is 56.6 Å². The molecule has 0 bridgehead atoms. The number of rotatable bonds is 3. The predicted molar refractivity (Wildman–Crippen MR) is 88.1 cm³/mol. The molecule has 3 aromatic rings. The van der Waals surface area contributed by atoms with Crippen LogP contribution in [-0.4, -0.2) is 14.5 Å². The molecule has 0 unspecified atom stereocenters. The number of aliphatic imine (C=N–C) groups is 1. The fraction of sp³-hybridized carbons (Fsp3) is 0.133. The van der Waals surface area contributed by atoms with E-state index in [0.29, 0.717) is 23.2 Å². The highest BCUT2D eigenvalue weighted by molar-refractivity contribution is 8.38. The Hall–Kier alpha value is -1.99. The fourth-order valence-corrected chi connectivity index (χ4v) is 3.93. The van der Waals surface area contributed by atoms with Gasteiger partial charge in [-0.15, -0.1) is 0 Å². The molecule has 2 aromatic heterocycles. The summed E-state index contributed by atoms with van der Waals surface area (Å²) in [5.74, 6) is 3.20. The summed E-state index contributed by atoms with van der Waals surface area (Å²) in [6, 6.07) is 11.8. The maximum absolute atomic E-state index is 5.25. The van der Waals surface area contributed by atoms with Crippen LogP contribution >= 0.6 is 23.5 Å². The zero-order valence-electron chi connectivity index (χ0n) is 11.4. The highest BCUT2D eigenvalue weighted by Crippen LogP contribution is 2.35. The van der Waals surface area contributed by atoms with Crippen LogP contribution in [0, 0.1) is 0 Å². The van der Waals surface area contributed by atoms with E-state index in [-0.39, 0.29) is 0 Å². The lowest BCUT2D eigenvalue weighted by molar-refractivity contribution is 0.390. The van der Waals surface area contributed by atoms with E-state index in [0.717, 1.165) is 15.8 Å². The second-order valence-electron chi connectivity index (χ2n) is 4.57. The third-order valence-corrected chi connectivity index (χ3v) is 5.31. The van der Waals surface area contributed by atoms with Gasteiger partial charge in [-0.1, -0.05) is 46.9 Å². The highest BCUT2D eigenvalue weighted by atomic mass is 32.2. The summed E-state index contributed by atoms with van der Waals surface area (Å²) in [5.41, 5.74) is 2.32. The van der Waals surface area contributed by atoms with Crippen LogP contribution in [0.3, 0.4) is 0 Å². The van der Waals surface area contributed by atoms with E-state index in [4.69, 9.17) is 8.94 Å². The average Bonchev–Trinajstić information content (AvgIpc) is 3.24. The second kappa shape index (κ2) is 6.02. The van der Waals surface area contributed by atoms with Gasteiger partial charge in [-0.25, -0.2) is 4.99 Å². The Balaban J connectivity index is 1.44. The molecule has 5 nitrogen and oxygen atoms in total. The molecular weight excluding hydrogens is 318 g/mol. The smallest absolute Gasteiger partial charge is 0.238 e. The molecule has 0 radical (unpaired) electrons.